The monoisotopic (exact) mass is 526 g/mol. The summed E-state index contributed by atoms with van der Waals surface area (Å²) in [6, 6.07) is 11.2. The van der Waals surface area contributed by atoms with Crippen LogP contribution in [0.3, 0.4) is 0 Å². The molecule has 5 aliphatic rings. The molecule has 2 unspecified atom stereocenters. The van der Waals surface area contributed by atoms with Gasteiger partial charge in [-0.25, -0.2) is 4.79 Å². The lowest BCUT2D eigenvalue weighted by molar-refractivity contribution is -0.0786. The van der Waals surface area contributed by atoms with Crippen LogP contribution in [-0.2, 0) is 15.8 Å². The maximum Gasteiger partial charge on any atom is 0.407 e. The highest BCUT2D eigenvalue weighted by Gasteiger charge is 2.55. The number of hydrogen-bond acceptors (Lipinski definition) is 4. The number of alkyl carbamates (subject to hydrolysis) is 1. The average Bonchev–Trinajstić information content (AvgIpc) is 2.84. The van der Waals surface area contributed by atoms with Gasteiger partial charge in [-0.3, -0.25) is 0 Å². The zero-order valence-corrected chi connectivity index (χ0v) is 24.9. The largest absolute Gasteiger partial charge is 0.445 e. The Hall–Kier alpha value is -1.37. The van der Waals surface area contributed by atoms with Crippen molar-refractivity contribution in [3.63, 3.8) is 0 Å². The molecule has 206 valence electrons. The van der Waals surface area contributed by atoms with Gasteiger partial charge < -0.3 is 19.8 Å². The molecular weight excluding hydrogens is 476 g/mol. The summed E-state index contributed by atoms with van der Waals surface area (Å²) in [5, 5.41) is 7.61. The van der Waals surface area contributed by atoms with Crippen LogP contribution in [0.1, 0.15) is 84.1 Å². The Bertz CT molecular complexity index is 906. The van der Waals surface area contributed by atoms with Crippen LogP contribution in [0.2, 0.25) is 18.1 Å². The molecule has 0 aliphatic heterocycles. The second-order valence-corrected chi connectivity index (χ2v) is 19.2. The fourth-order valence-corrected chi connectivity index (χ4v) is 9.35. The second-order valence-electron chi connectivity index (χ2n) is 14.4. The highest BCUT2D eigenvalue weighted by atomic mass is 28.4. The summed E-state index contributed by atoms with van der Waals surface area (Å²) >= 11 is 0. The van der Waals surface area contributed by atoms with Gasteiger partial charge in [0, 0.05) is 24.7 Å². The SMILES string of the molecule is CC(C)(C)[Si](C)(C)O[C@H]1CC[C@H](N[C@H]2[C@@H]3CC4C[C@H]2CC(CNC(=O)OCc2ccccc2)(C4)C3)CC1. The summed E-state index contributed by atoms with van der Waals surface area (Å²) in [4.78, 5) is 12.5. The van der Waals surface area contributed by atoms with E-state index < -0.39 is 8.32 Å². The Balaban J connectivity index is 1.09. The van der Waals surface area contributed by atoms with Gasteiger partial charge in [0.25, 0.3) is 0 Å². The van der Waals surface area contributed by atoms with E-state index in [1.165, 1.54) is 57.8 Å². The van der Waals surface area contributed by atoms with E-state index in [0.29, 0.717) is 24.8 Å². The van der Waals surface area contributed by atoms with Crippen molar-refractivity contribution in [2.24, 2.45) is 23.2 Å². The lowest BCUT2D eigenvalue weighted by Gasteiger charge is -2.61. The molecule has 0 heterocycles. The molecule has 5 aliphatic carbocycles. The third-order valence-corrected chi connectivity index (χ3v) is 15.1. The van der Waals surface area contributed by atoms with Gasteiger partial charge in [0.2, 0.25) is 0 Å². The Morgan fingerprint density at radius 2 is 1.65 bits per heavy atom. The number of carbonyl (C=O) groups excluding carboxylic acids is 1. The molecule has 0 spiro atoms. The van der Waals surface area contributed by atoms with Crippen LogP contribution in [-0.4, -0.2) is 39.1 Å². The topological polar surface area (TPSA) is 59.6 Å². The second kappa shape index (κ2) is 10.7. The minimum atomic E-state index is -1.68. The molecule has 6 heteroatoms. The number of benzene rings is 1. The number of hydrogen-bond donors (Lipinski definition) is 2. The normalized spacial score (nSPS) is 35.4. The van der Waals surface area contributed by atoms with Crippen molar-refractivity contribution in [3.8, 4) is 0 Å². The quantitative estimate of drug-likeness (QED) is 0.357. The highest BCUT2D eigenvalue weighted by Crippen LogP contribution is 2.60. The molecule has 1 aromatic rings. The molecule has 0 radical (unpaired) electrons. The number of amides is 1. The maximum absolute atomic E-state index is 12.5. The van der Waals surface area contributed by atoms with E-state index >= 15 is 0 Å². The first-order chi connectivity index (χ1) is 17.5. The molecule has 5 nitrogen and oxygen atoms in total. The van der Waals surface area contributed by atoms with Gasteiger partial charge in [0.05, 0.1) is 0 Å². The molecule has 6 rings (SSSR count). The molecule has 1 aromatic carbocycles. The first-order valence-corrected chi connectivity index (χ1v) is 17.8. The third kappa shape index (κ3) is 6.28. The minimum Gasteiger partial charge on any atom is -0.445 e. The summed E-state index contributed by atoms with van der Waals surface area (Å²) in [6.45, 7) is 12.9. The number of carbonyl (C=O) groups is 1. The van der Waals surface area contributed by atoms with Crippen molar-refractivity contribution in [2.75, 3.05) is 6.54 Å². The fraction of sp³-hybridized carbons (Fsp3) is 0.774. The van der Waals surface area contributed by atoms with E-state index in [-0.39, 0.29) is 16.5 Å². The van der Waals surface area contributed by atoms with Gasteiger partial charge in [-0.1, -0.05) is 51.1 Å². The molecule has 5 fully saturated rings. The van der Waals surface area contributed by atoms with Crippen molar-refractivity contribution in [2.45, 2.75) is 121 Å². The Morgan fingerprint density at radius 1 is 1.00 bits per heavy atom. The fourth-order valence-electron chi connectivity index (χ4n) is 7.93. The van der Waals surface area contributed by atoms with Crippen LogP contribution < -0.4 is 10.6 Å². The van der Waals surface area contributed by atoms with Gasteiger partial charge >= 0.3 is 6.09 Å². The number of nitrogens with one attached hydrogen (secondary N) is 2. The lowest BCUT2D eigenvalue weighted by Crippen LogP contribution is -2.62. The molecule has 2 N–H and O–H groups in total. The summed E-state index contributed by atoms with van der Waals surface area (Å²) in [6.07, 6.45) is 11.6. The van der Waals surface area contributed by atoms with Gasteiger partial charge in [0.1, 0.15) is 6.61 Å². The average molecular weight is 527 g/mol. The number of rotatable bonds is 8. The van der Waals surface area contributed by atoms with Crippen molar-refractivity contribution in [1.82, 2.24) is 10.6 Å². The van der Waals surface area contributed by atoms with Crippen LogP contribution in [0.15, 0.2) is 30.3 Å². The zero-order valence-electron chi connectivity index (χ0n) is 23.9. The summed E-state index contributed by atoms with van der Waals surface area (Å²) in [5.74, 6) is 2.36. The summed E-state index contributed by atoms with van der Waals surface area (Å²) in [5.41, 5.74) is 1.30. The van der Waals surface area contributed by atoms with E-state index in [1.54, 1.807) is 0 Å². The van der Waals surface area contributed by atoms with E-state index in [0.717, 1.165) is 29.9 Å². The predicted octanol–water partition coefficient (Wildman–Crippen LogP) is 7.03. The first-order valence-electron chi connectivity index (χ1n) is 14.9. The standard InChI is InChI=1S/C31H50N2O3Si/c1-30(2,3)37(4,5)36-27-13-11-26(12-14-27)33-28-24-15-23-16-25(28)19-31(17-23,18-24)21-32-29(34)35-20-22-9-7-6-8-10-22/h6-10,23-28,33H,11-21H2,1-5H3,(H,32,34)/t23?,24-,25+,26-,27-,28+,31?. The molecular formula is C31H50N2O3Si. The van der Waals surface area contributed by atoms with E-state index in [2.05, 4.69) is 44.5 Å². The van der Waals surface area contributed by atoms with Crippen LogP contribution in [0.5, 0.6) is 0 Å². The van der Waals surface area contributed by atoms with Gasteiger partial charge in [-0.05, 0) is 105 Å². The number of ether oxygens (including phenoxy) is 1. The maximum atomic E-state index is 12.5. The zero-order chi connectivity index (χ0) is 26.3. The van der Waals surface area contributed by atoms with Gasteiger partial charge in [0.15, 0.2) is 8.32 Å². The Morgan fingerprint density at radius 3 is 2.27 bits per heavy atom. The lowest BCUT2D eigenvalue weighted by atomic mass is 9.48. The smallest absolute Gasteiger partial charge is 0.407 e. The first kappa shape index (κ1) is 27.2. The van der Waals surface area contributed by atoms with Gasteiger partial charge in [-0.2, -0.15) is 0 Å². The van der Waals surface area contributed by atoms with Crippen molar-refractivity contribution >= 4 is 14.4 Å². The third-order valence-electron chi connectivity index (χ3n) is 10.6. The molecule has 37 heavy (non-hydrogen) atoms. The van der Waals surface area contributed by atoms with Crippen molar-refractivity contribution in [1.29, 1.82) is 0 Å². The summed E-state index contributed by atoms with van der Waals surface area (Å²) in [7, 11) is -1.68. The molecule has 1 amide bonds. The van der Waals surface area contributed by atoms with Gasteiger partial charge in [-0.15, -0.1) is 0 Å². The van der Waals surface area contributed by atoms with E-state index in [1.807, 2.05) is 30.3 Å². The van der Waals surface area contributed by atoms with Crippen molar-refractivity contribution in [3.05, 3.63) is 35.9 Å². The molecule has 5 saturated carbocycles. The van der Waals surface area contributed by atoms with E-state index in [4.69, 9.17) is 9.16 Å². The molecule has 5 atom stereocenters. The van der Waals surface area contributed by atoms with Crippen molar-refractivity contribution < 1.29 is 14.0 Å². The minimum absolute atomic E-state index is 0.272. The Labute approximate surface area is 226 Å². The van der Waals surface area contributed by atoms with E-state index in [9.17, 15) is 4.79 Å². The molecule has 4 bridgehead atoms. The highest BCUT2D eigenvalue weighted by molar-refractivity contribution is 6.74. The van der Waals surface area contributed by atoms with Crippen LogP contribution in [0.4, 0.5) is 4.79 Å². The van der Waals surface area contributed by atoms with Crippen LogP contribution >= 0.6 is 0 Å². The predicted molar refractivity (Wildman–Crippen MR) is 152 cm³/mol. The molecule has 0 saturated heterocycles. The Kier molecular flexibility index (Phi) is 7.83. The summed E-state index contributed by atoms with van der Waals surface area (Å²) < 4.78 is 12.2. The van der Waals surface area contributed by atoms with Crippen LogP contribution in [0, 0.1) is 23.2 Å². The molecule has 0 aromatic heterocycles. The van der Waals surface area contributed by atoms with Crippen LogP contribution in [0.25, 0.3) is 0 Å².